The Morgan fingerprint density at radius 2 is 1.96 bits per heavy atom. The highest BCUT2D eigenvalue weighted by Crippen LogP contribution is 2.22. The van der Waals surface area contributed by atoms with Crippen LogP contribution in [0.25, 0.3) is 10.9 Å². The van der Waals surface area contributed by atoms with Crippen LogP contribution in [0.3, 0.4) is 0 Å². The fourth-order valence-corrected chi connectivity index (χ4v) is 2.98. The summed E-state index contributed by atoms with van der Waals surface area (Å²) in [5.41, 5.74) is 2.18. The van der Waals surface area contributed by atoms with Crippen LogP contribution >= 0.6 is 11.6 Å². The summed E-state index contributed by atoms with van der Waals surface area (Å²) in [4.78, 5) is 14.7. The van der Waals surface area contributed by atoms with Crippen molar-refractivity contribution < 1.29 is 9.18 Å². The predicted octanol–water partition coefficient (Wildman–Crippen LogP) is 4.80. The van der Waals surface area contributed by atoms with Crippen LogP contribution in [-0.4, -0.2) is 21.9 Å². The molecule has 0 spiro atoms. The molecule has 0 aliphatic heterocycles. The van der Waals surface area contributed by atoms with Gasteiger partial charge in [0.05, 0.1) is 5.52 Å². The maximum Gasteiger partial charge on any atom is 0.271 e. The van der Waals surface area contributed by atoms with Gasteiger partial charge in [-0.3, -0.25) is 4.79 Å². The van der Waals surface area contributed by atoms with Crippen LogP contribution in [0.5, 0.6) is 0 Å². The molecule has 0 radical (unpaired) electrons. The van der Waals surface area contributed by atoms with Gasteiger partial charge in [0, 0.05) is 30.5 Å². The molecule has 2 aromatic carbocycles. The van der Waals surface area contributed by atoms with Crippen molar-refractivity contribution in [3.05, 3.63) is 83.3 Å². The summed E-state index contributed by atoms with van der Waals surface area (Å²) in [5, 5.41) is 1.48. The molecule has 0 bridgehead atoms. The molecule has 3 nitrogen and oxygen atoms in total. The van der Waals surface area contributed by atoms with Gasteiger partial charge in [-0.1, -0.05) is 29.8 Å². The second-order valence-corrected chi connectivity index (χ2v) is 6.33. The number of benzene rings is 2. The molecule has 128 valence electrons. The molecule has 1 aromatic heterocycles. The van der Waals surface area contributed by atoms with E-state index in [4.69, 9.17) is 11.6 Å². The lowest BCUT2D eigenvalue weighted by atomic mass is 10.2. The number of halogens is 2. The average Bonchev–Trinajstić information content (AvgIpc) is 2.92. The highest BCUT2D eigenvalue weighted by Gasteiger charge is 2.20. The van der Waals surface area contributed by atoms with Gasteiger partial charge >= 0.3 is 0 Å². The molecule has 0 aliphatic carbocycles. The highest BCUT2D eigenvalue weighted by molar-refractivity contribution is 6.30. The van der Waals surface area contributed by atoms with Gasteiger partial charge in [-0.15, -0.1) is 6.58 Å². The van der Waals surface area contributed by atoms with E-state index in [1.165, 1.54) is 12.1 Å². The Morgan fingerprint density at radius 3 is 2.64 bits per heavy atom. The molecule has 1 amide bonds. The summed E-state index contributed by atoms with van der Waals surface area (Å²) in [6, 6.07) is 13.7. The van der Waals surface area contributed by atoms with Crippen LogP contribution in [0.15, 0.2) is 61.2 Å². The van der Waals surface area contributed by atoms with Crippen molar-refractivity contribution in [2.75, 3.05) is 6.54 Å². The maximum atomic E-state index is 13.5. The molecule has 25 heavy (non-hydrogen) atoms. The zero-order chi connectivity index (χ0) is 18.0. The van der Waals surface area contributed by atoms with Gasteiger partial charge < -0.3 is 9.47 Å². The molecule has 0 saturated carbocycles. The van der Waals surface area contributed by atoms with Gasteiger partial charge in [-0.2, -0.15) is 0 Å². The minimum Gasteiger partial charge on any atom is -0.340 e. The number of amides is 1. The first-order chi connectivity index (χ1) is 12.0. The molecule has 0 fully saturated rings. The maximum absolute atomic E-state index is 13.5. The second kappa shape index (κ2) is 7.11. The number of hydrogen-bond donors (Lipinski definition) is 0. The zero-order valence-corrected chi connectivity index (χ0v) is 14.6. The Bertz CT molecular complexity index is 931. The molecule has 3 aromatic rings. The fraction of sp³-hybridized carbons (Fsp3) is 0.150. The first kappa shape index (κ1) is 17.2. The van der Waals surface area contributed by atoms with E-state index in [-0.39, 0.29) is 11.7 Å². The summed E-state index contributed by atoms with van der Waals surface area (Å²) in [6.07, 6.45) is 1.69. The van der Waals surface area contributed by atoms with Gasteiger partial charge in [0.2, 0.25) is 0 Å². The first-order valence-electron chi connectivity index (χ1n) is 7.89. The summed E-state index contributed by atoms with van der Waals surface area (Å²) < 4.78 is 15.2. The Kier molecular flexibility index (Phi) is 4.91. The summed E-state index contributed by atoms with van der Waals surface area (Å²) in [7, 11) is 1.77. The van der Waals surface area contributed by atoms with E-state index in [0.717, 1.165) is 10.9 Å². The summed E-state index contributed by atoms with van der Waals surface area (Å²) in [5.74, 6) is -0.453. The number of carbonyl (C=O) groups is 1. The molecular weight excluding hydrogens is 339 g/mol. The topological polar surface area (TPSA) is 25.2 Å². The van der Waals surface area contributed by atoms with Gasteiger partial charge in [0.1, 0.15) is 11.5 Å². The minimum absolute atomic E-state index is 0.131. The van der Waals surface area contributed by atoms with Crippen molar-refractivity contribution in [2.24, 2.45) is 7.05 Å². The Labute approximate surface area is 150 Å². The van der Waals surface area contributed by atoms with Crippen molar-refractivity contribution in [1.82, 2.24) is 9.47 Å². The third kappa shape index (κ3) is 3.59. The quantitative estimate of drug-likeness (QED) is 0.603. The van der Waals surface area contributed by atoms with Crippen LogP contribution in [0.2, 0.25) is 5.02 Å². The van der Waals surface area contributed by atoms with E-state index >= 15 is 0 Å². The van der Waals surface area contributed by atoms with E-state index < -0.39 is 0 Å². The van der Waals surface area contributed by atoms with E-state index in [9.17, 15) is 9.18 Å². The number of fused-ring (bicyclic) bond motifs is 1. The van der Waals surface area contributed by atoms with Crippen LogP contribution in [0, 0.1) is 5.82 Å². The molecule has 0 aliphatic rings. The summed E-state index contributed by atoms with van der Waals surface area (Å²) in [6.45, 7) is 4.59. The number of carbonyl (C=O) groups excluding carboxylic acids is 1. The van der Waals surface area contributed by atoms with E-state index in [2.05, 4.69) is 6.58 Å². The minimum atomic E-state index is -0.322. The lowest BCUT2D eigenvalue weighted by Gasteiger charge is -2.21. The fourth-order valence-electron chi connectivity index (χ4n) is 2.86. The number of aromatic nitrogens is 1. The smallest absolute Gasteiger partial charge is 0.271 e. The lowest BCUT2D eigenvalue weighted by Crippen LogP contribution is -2.32. The third-order valence-electron chi connectivity index (χ3n) is 4.15. The van der Waals surface area contributed by atoms with Crippen molar-refractivity contribution in [3.8, 4) is 0 Å². The lowest BCUT2D eigenvalue weighted by molar-refractivity contribution is 0.0753. The van der Waals surface area contributed by atoms with Gasteiger partial charge in [0.15, 0.2) is 0 Å². The Balaban J connectivity index is 1.93. The third-order valence-corrected chi connectivity index (χ3v) is 4.40. The van der Waals surface area contributed by atoms with Gasteiger partial charge in [0.25, 0.3) is 5.91 Å². The Morgan fingerprint density at radius 1 is 1.24 bits per heavy atom. The molecule has 0 unspecified atom stereocenters. The van der Waals surface area contributed by atoms with Crippen molar-refractivity contribution in [3.63, 3.8) is 0 Å². The van der Waals surface area contributed by atoms with E-state index in [1.807, 2.05) is 12.1 Å². The van der Waals surface area contributed by atoms with Crippen molar-refractivity contribution >= 4 is 28.4 Å². The van der Waals surface area contributed by atoms with Crippen LogP contribution in [-0.2, 0) is 13.6 Å². The second-order valence-electron chi connectivity index (χ2n) is 5.89. The number of hydrogen-bond acceptors (Lipinski definition) is 1. The van der Waals surface area contributed by atoms with E-state index in [1.54, 1.807) is 46.9 Å². The van der Waals surface area contributed by atoms with E-state index in [0.29, 0.717) is 29.3 Å². The number of rotatable bonds is 5. The largest absolute Gasteiger partial charge is 0.340 e. The molecule has 1 heterocycles. The SMILES string of the molecule is C=CCN(Cc1ccc(Cl)cc1)C(=O)c1cc2ccc(F)cc2n1C. The number of nitrogens with zero attached hydrogens (tertiary/aromatic N) is 2. The van der Waals surface area contributed by atoms with Crippen molar-refractivity contribution in [2.45, 2.75) is 6.54 Å². The monoisotopic (exact) mass is 356 g/mol. The standard InChI is InChI=1S/C20H18ClFN2O/c1-3-10-24(13-14-4-7-16(21)8-5-14)20(25)19-11-15-6-9-17(22)12-18(15)23(19)2/h3-9,11-12H,1,10,13H2,2H3. The average molecular weight is 357 g/mol. The zero-order valence-electron chi connectivity index (χ0n) is 13.9. The normalized spacial score (nSPS) is 10.8. The molecule has 0 N–H and O–H groups in total. The molecular formula is C20H18ClFN2O. The van der Waals surface area contributed by atoms with Gasteiger partial charge in [-0.05, 0) is 42.0 Å². The first-order valence-corrected chi connectivity index (χ1v) is 8.27. The summed E-state index contributed by atoms with van der Waals surface area (Å²) >= 11 is 5.92. The molecule has 0 atom stereocenters. The van der Waals surface area contributed by atoms with Crippen molar-refractivity contribution in [1.29, 1.82) is 0 Å². The Hall–Kier alpha value is -2.59. The van der Waals surface area contributed by atoms with Gasteiger partial charge in [-0.25, -0.2) is 4.39 Å². The highest BCUT2D eigenvalue weighted by atomic mass is 35.5. The van der Waals surface area contributed by atoms with Crippen LogP contribution < -0.4 is 0 Å². The van der Waals surface area contributed by atoms with Crippen LogP contribution in [0.1, 0.15) is 16.1 Å². The molecule has 3 rings (SSSR count). The predicted molar refractivity (Wildman–Crippen MR) is 99.3 cm³/mol. The number of aryl methyl sites for hydroxylation is 1. The molecule has 0 saturated heterocycles. The van der Waals surface area contributed by atoms with Crippen LogP contribution in [0.4, 0.5) is 4.39 Å². The molecule has 5 heteroatoms.